The molecule has 86 valence electrons. The Morgan fingerprint density at radius 1 is 1.27 bits per heavy atom. The van der Waals surface area contributed by atoms with Crippen molar-refractivity contribution in [2.45, 2.75) is 51.7 Å². The van der Waals surface area contributed by atoms with Crippen molar-refractivity contribution in [1.29, 1.82) is 0 Å². The van der Waals surface area contributed by atoms with Crippen LogP contribution < -0.4 is 5.73 Å². The highest BCUT2D eigenvalue weighted by atomic mass is 16.6. The van der Waals surface area contributed by atoms with Crippen LogP contribution in [0.15, 0.2) is 0 Å². The van der Waals surface area contributed by atoms with E-state index in [1.165, 1.54) is 0 Å². The summed E-state index contributed by atoms with van der Waals surface area (Å²) in [5, 5.41) is 0. The number of carbonyl (C=O) groups excluding carboxylic acids is 1. The van der Waals surface area contributed by atoms with Gasteiger partial charge in [0.05, 0.1) is 5.92 Å². The van der Waals surface area contributed by atoms with Gasteiger partial charge in [-0.2, -0.15) is 0 Å². The van der Waals surface area contributed by atoms with E-state index in [2.05, 4.69) is 0 Å². The second kappa shape index (κ2) is 3.48. The van der Waals surface area contributed by atoms with Crippen molar-refractivity contribution in [2.75, 3.05) is 0 Å². The fourth-order valence-corrected chi connectivity index (χ4v) is 2.86. The molecule has 0 aromatic heterocycles. The molecule has 15 heavy (non-hydrogen) atoms. The molecule has 2 rings (SSSR count). The quantitative estimate of drug-likeness (QED) is 0.672. The number of esters is 1. The maximum atomic E-state index is 11.8. The van der Waals surface area contributed by atoms with Crippen LogP contribution in [0.4, 0.5) is 0 Å². The van der Waals surface area contributed by atoms with Gasteiger partial charge in [0.25, 0.3) is 0 Å². The molecular formula is C12H21NO2. The van der Waals surface area contributed by atoms with Crippen LogP contribution in [0.2, 0.25) is 0 Å². The molecule has 0 spiro atoms. The minimum Gasteiger partial charge on any atom is -0.460 e. The van der Waals surface area contributed by atoms with E-state index in [-0.39, 0.29) is 17.5 Å². The maximum Gasteiger partial charge on any atom is 0.309 e. The Morgan fingerprint density at radius 2 is 1.93 bits per heavy atom. The van der Waals surface area contributed by atoms with Gasteiger partial charge in [0.15, 0.2) is 0 Å². The van der Waals surface area contributed by atoms with E-state index in [0.29, 0.717) is 17.9 Å². The molecule has 2 N–H and O–H groups in total. The summed E-state index contributed by atoms with van der Waals surface area (Å²) in [7, 11) is 0. The number of nitrogens with two attached hydrogens (primary N) is 1. The van der Waals surface area contributed by atoms with Crippen LogP contribution in [0.3, 0.4) is 0 Å². The highest BCUT2D eigenvalue weighted by Crippen LogP contribution is 2.49. The topological polar surface area (TPSA) is 52.3 Å². The Balaban J connectivity index is 1.88. The first-order chi connectivity index (χ1) is 6.87. The van der Waals surface area contributed by atoms with Crippen LogP contribution >= 0.6 is 0 Å². The molecule has 3 heteroatoms. The first-order valence-electron chi connectivity index (χ1n) is 5.85. The normalized spacial score (nSPS) is 39.5. The lowest BCUT2D eigenvalue weighted by Crippen LogP contribution is -2.44. The molecule has 2 aliphatic rings. The third-order valence-electron chi connectivity index (χ3n) is 3.61. The van der Waals surface area contributed by atoms with Crippen molar-refractivity contribution in [1.82, 2.24) is 0 Å². The number of hydrogen-bond donors (Lipinski definition) is 1. The summed E-state index contributed by atoms with van der Waals surface area (Å²) in [4.78, 5) is 11.8. The Kier molecular flexibility index (Phi) is 2.53. The zero-order valence-corrected chi connectivity index (χ0v) is 9.82. The molecule has 0 heterocycles. The number of fused-ring (bicyclic) bond motifs is 1. The Labute approximate surface area is 91.4 Å². The molecule has 2 aliphatic carbocycles. The Morgan fingerprint density at radius 3 is 2.40 bits per heavy atom. The summed E-state index contributed by atoms with van der Waals surface area (Å²) in [6.45, 7) is 5.75. The monoisotopic (exact) mass is 211 g/mol. The molecule has 0 aromatic carbocycles. The molecule has 4 atom stereocenters. The molecule has 0 unspecified atom stereocenters. The largest absolute Gasteiger partial charge is 0.460 e. The average Bonchev–Trinajstić information content (AvgIpc) is 2.39. The summed E-state index contributed by atoms with van der Waals surface area (Å²) in [5.74, 6) is 1.36. The highest BCUT2D eigenvalue weighted by molar-refractivity contribution is 5.73. The van der Waals surface area contributed by atoms with Gasteiger partial charge in [0.2, 0.25) is 0 Å². The predicted octanol–water partition coefficient (Wildman–Crippen LogP) is 1.70. The van der Waals surface area contributed by atoms with E-state index in [9.17, 15) is 4.79 Å². The summed E-state index contributed by atoms with van der Waals surface area (Å²) in [5.41, 5.74) is 5.54. The summed E-state index contributed by atoms with van der Waals surface area (Å²) >= 11 is 0. The number of hydrogen-bond acceptors (Lipinski definition) is 3. The zero-order chi connectivity index (χ0) is 11.2. The predicted molar refractivity (Wildman–Crippen MR) is 58.1 cm³/mol. The molecule has 0 bridgehead atoms. The second-order valence-corrected chi connectivity index (χ2v) is 6.03. The van der Waals surface area contributed by atoms with E-state index in [4.69, 9.17) is 10.5 Å². The molecule has 0 amide bonds. The SMILES string of the molecule is CC(C)(C)OC(=O)[C@@H]1C[C@H]2C[C@@H](N)[C@H]2C1. The van der Waals surface area contributed by atoms with Gasteiger partial charge in [-0.1, -0.05) is 0 Å². The molecule has 2 saturated carbocycles. The van der Waals surface area contributed by atoms with Crippen LogP contribution in [0.5, 0.6) is 0 Å². The summed E-state index contributed by atoms with van der Waals surface area (Å²) in [6, 6.07) is 0.336. The molecular weight excluding hydrogens is 190 g/mol. The molecule has 0 aromatic rings. The number of carbonyl (C=O) groups is 1. The van der Waals surface area contributed by atoms with E-state index < -0.39 is 0 Å². The van der Waals surface area contributed by atoms with Gasteiger partial charge in [-0.25, -0.2) is 0 Å². The van der Waals surface area contributed by atoms with E-state index in [1.54, 1.807) is 0 Å². The first kappa shape index (κ1) is 10.9. The van der Waals surface area contributed by atoms with Crippen LogP contribution in [-0.4, -0.2) is 17.6 Å². The van der Waals surface area contributed by atoms with Gasteiger partial charge >= 0.3 is 5.97 Å². The molecule has 3 nitrogen and oxygen atoms in total. The van der Waals surface area contributed by atoms with Gasteiger partial charge in [-0.15, -0.1) is 0 Å². The average molecular weight is 211 g/mol. The van der Waals surface area contributed by atoms with Gasteiger partial charge < -0.3 is 10.5 Å². The fraction of sp³-hybridized carbons (Fsp3) is 0.917. The molecule has 0 saturated heterocycles. The maximum absolute atomic E-state index is 11.8. The fourth-order valence-electron chi connectivity index (χ4n) is 2.86. The molecule has 0 aliphatic heterocycles. The highest BCUT2D eigenvalue weighted by Gasteiger charge is 2.48. The van der Waals surface area contributed by atoms with Gasteiger partial charge in [-0.3, -0.25) is 4.79 Å². The zero-order valence-electron chi connectivity index (χ0n) is 9.82. The van der Waals surface area contributed by atoms with Crippen molar-refractivity contribution in [3.63, 3.8) is 0 Å². The van der Waals surface area contributed by atoms with Crippen molar-refractivity contribution >= 4 is 5.97 Å². The Bertz CT molecular complexity index is 269. The minimum absolute atomic E-state index is 0.0240. The third-order valence-corrected chi connectivity index (χ3v) is 3.61. The van der Waals surface area contributed by atoms with Gasteiger partial charge in [-0.05, 0) is 51.9 Å². The van der Waals surface area contributed by atoms with Crippen molar-refractivity contribution in [3.05, 3.63) is 0 Å². The summed E-state index contributed by atoms with van der Waals surface area (Å²) in [6.07, 6.45) is 3.04. The standard InChI is InChI=1S/C12H21NO2/c1-12(2,3)15-11(14)8-4-7-6-10(13)9(7)5-8/h7-10H,4-6,13H2,1-3H3/t7-,8+,9-,10+/m0/s1. The van der Waals surface area contributed by atoms with Crippen LogP contribution in [0.1, 0.15) is 40.0 Å². The van der Waals surface area contributed by atoms with Crippen LogP contribution in [0, 0.1) is 17.8 Å². The van der Waals surface area contributed by atoms with Crippen molar-refractivity contribution in [2.24, 2.45) is 23.5 Å². The van der Waals surface area contributed by atoms with Crippen LogP contribution in [-0.2, 0) is 9.53 Å². The Hall–Kier alpha value is -0.570. The molecule has 2 fully saturated rings. The van der Waals surface area contributed by atoms with Gasteiger partial charge in [0, 0.05) is 6.04 Å². The third kappa shape index (κ3) is 2.17. The lowest BCUT2D eigenvalue weighted by molar-refractivity contribution is -0.159. The van der Waals surface area contributed by atoms with Crippen LogP contribution in [0.25, 0.3) is 0 Å². The van der Waals surface area contributed by atoms with E-state index in [1.807, 2.05) is 20.8 Å². The molecule has 0 radical (unpaired) electrons. The number of ether oxygens (including phenoxy) is 1. The first-order valence-corrected chi connectivity index (χ1v) is 5.85. The lowest BCUT2D eigenvalue weighted by Gasteiger charge is -2.37. The van der Waals surface area contributed by atoms with E-state index >= 15 is 0 Å². The second-order valence-electron chi connectivity index (χ2n) is 6.03. The summed E-state index contributed by atoms with van der Waals surface area (Å²) < 4.78 is 5.40. The van der Waals surface area contributed by atoms with Crippen molar-refractivity contribution < 1.29 is 9.53 Å². The van der Waals surface area contributed by atoms with Crippen molar-refractivity contribution in [3.8, 4) is 0 Å². The smallest absolute Gasteiger partial charge is 0.309 e. The lowest BCUT2D eigenvalue weighted by atomic mass is 9.72. The van der Waals surface area contributed by atoms with Gasteiger partial charge in [0.1, 0.15) is 5.60 Å². The minimum atomic E-state index is -0.360. The van der Waals surface area contributed by atoms with E-state index in [0.717, 1.165) is 19.3 Å². The number of rotatable bonds is 1.